The van der Waals surface area contributed by atoms with Crippen LogP contribution in [0.15, 0.2) is 48.1 Å². The van der Waals surface area contributed by atoms with Gasteiger partial charge in [0.1, 0.15) is 16.7 Å². The lowest BCUT2D eigenvalue weighted by Crippen LogP contribution is -2.15. The minimum Gasteiger partial charge on any atom is -0.493 e. The molecule has 0 aliphatic carbocycles. The number of benzene rings is 1. The first-order chi connectivity index (χ1) is 13.7. The summed E-state index contributed by atoms with van der Waals surface area (Å²) < 4.78 is 5.89. The zero-order chi connectivity index (χ0) is 19.5. The number of thiophene rings is 1. The maximum Gasteiger partial charge on any atom is 0.336 e. The maximum absolute atomic E-state index is 11.4. The summed E-state index contributed by atoms with van der Waals surface area (Å²) in [7, 11) is 0. The molecular formula is C22H18N2O3S. The van der Waals surface area contributed by atoms with Crippen LogP contribution >= 0.6 is 11.3 Å². The van der Waals surface area contributed by atoms with Gasteiger partial charge in [-0.25, -0.2) is 4.79 Å². The Morgan fingerprint density at radius 1 is 1.32 bits per heavy atom. The first-order valence-corrected chi connectivity index (χ1v) is 9.95. The summed E-state index contributed by atoms with van der Waals surface area (Å²) in [4.78, 5) is 16.2. The van der Waals surface area contributed by atoms with Crippen LogP contribution in [-0.2, 0) is 6.42 Å². The molecule has 0 saturated carbocycles. The molecule has 0 unspecified atom stereocenters. The fourth-order valence-electron chi connectivity index (χ4n) is 3.65. The van der Waals surface area contributed by atoms with Gasteiger partial charge in [-0.15, -0.1) is 11.3 Å². The number of hydrogen-bond acceptors (Lipinski definition) is 5. The number of nitriles is 1. The van der Waals surface area contributed by atoms with E-state index in [1.807, 2.05) is 17.5 Å². The van der Waals surface area contributed by atoms with Crippen molar-refractivity contribution in [2.75, 3.05) is 6.61 Å². The minimum atomic E-state index is -0.915. The Bertz CT molecular complexity index is 1070. The van der Waals surface area contributed by atoms with Gasteiger partial charge in [-0.05, 0) is 71.0 Å². The molecule has 0 amide bonds. The monoisotopic (exact) mass is 390 g/mol. The van der Waals surface area contributed by atoms with Crippen LogP contribution in [0, 0.1) is 11.3 Å². The zero-order valence-electron chi connectivity index (χ0n) is 15.1. The van der Waals surface area contributed by atoms with Crippen LogP contribution in [0.2, 0.25) is 0 Å². The number of carboxylic acid groups (broad SMARTS) is 1. The van der Waals surface area contributed by atoms with Crippen molar-refractivity contribution in [3.8, 4) is 22.9 Å². The molecule has 28 heavy (non-hydrogen) atoms. The third kappa shape index (κ3) is 3.62. The lowest BCUT2D eigenvalue weighted by Gasteiger charge is -2.26. The van der Waals surface area contributed by atoms with Gasteiger partial charge < -0.3 is 9.84 Å². The lowest BCUT2D eigenvalue weighted by atomic mass is 9.86. The van der Waals surface area contributed by atoms with Crippen molar-refractivity contribution >= 4 is 17.3 Å². The second kappa shape index (κ2) is 7.83. The van der Waals surface area contributed by atoms with Crippen molar-refractivity contribution in [1.29, 1.82) is 5.26 Å². The van der Waals surface area contributed by atoms with Crippen molar-refractivity contribution in [2.45, 2.75) is 25.2 Å². The molecule has 1 atom stereocenters. The van der Waals surface area contributed by atoms with Crippen molar-refractivity contribution in [1.82, 2.24) is 4.98 Å². The third-order valence-electron chi connectivity index (χ3n) is 5.12. The Morgan fingerprint density at radius 2 is 2.21 bits per heavy atom. The van der Waals surface area contributed by atoms with Crippen molar-refractivity contribution < 1.29 is 14.6 Å². The first-order valence-electron chi connectivity index (χ1n) is 9.07. The van der Waals surface area contributed by atoms with Crippen molar-refractivity contribution in [3.05, 3.63) is 69.7 Å². The molecule has 0 bridgehead atoms. The molecule has 3 heterocycles. The van der Waals surface area contributed by atoms with E-state index >= 15 is 0 Å². The molecule has 0 fully saturated rings. The van der Waals surface area contributed by atoms with Crippen LogP contribution in [0.1, 0.15) is 45.1 Å². The number of nitrogens with zero attached hydrogens (tertiary/aromatic N) is 2. The Balaban J connectivity index is 1.55. The smallest absolute Gasteiger partial charge is 0.336 e. The summed E-state index contributed by atoms with van der Waals surface area (Å²) in [5.74, 6) is 0.279. The number of fused-ring (bicyclic) bond motifs is 1. The van der Waals surface area contributed by atoms with E-state index in [0.29, 0.717) is 29.4 Å². The highest BCUT2D eigenvalue weighted by atomic mass is 32.1. The first kappa shape index (κ1) is 18.2. The average molecular weight is 390 g/mol. The molecule has 2 aromatic heterocycles. The number of carboxylic acids is 1. The van der Waals surface area contributed by atoms with Crippen LogP contribution in [0.3, 0.4) is 0 Å². The molecule has 6 heteroatoms. The number of rotatable bonds is 5. The number of hydrogen-bond donors (Lipinski definition) is 1. The van der Waals surface area contributed by atoms with Crippen LogP contribution in [-0.4, -0.2) is 22.7 Å². The second-order valence-corrected chi connectivity index (χ2v) is 7.69. The number of pyridine rings is 1. The molecule has 5 nitrogen and oxygen atoms in total. The van der Waals surface area contributed by atoms with Gasteiger partial charge in [0.15, 0.2) is 0 Å². The summed E-state index contributed by atoms with van der Waals surface area (Å²) in [6.45, 7) is 0.646. The predicted octanol–water partition coefficient (Wildman–Crippen LogP) is 4.88. The van der Waals surface area contributed by atoms with Gasteiger partial charge in [0.2, 0.25) is 0 Å². The summed E-state index contributed by atoms with van der Waals surface area (Å²) >= 11 is 1.44. The Morgan fingerprint density at radius 3 is 3.00 bits per heavy atom. The van der Waals surface area contributed by atoms with Crippen LogP contribution in [0.25, 0.3) is 11.1 Å². The van der Waals surface area contributed by atoms with Gasteiger partial charge in [0, 0.05) is 12.4 Å². The van der Waals surface area contributed by atoms with E-state index in [9.17, 15) is 9.90 Å². The SMILES string of the molecule is N#Cc1cc(-c2ccc3c(c2)OCC[C@@H]3CCc2cnccc2C(=O)O)cs1. The molecule has 0 saturated heterocycles. The summed E-state index contributed by atoms with van der Waals surface area (Å²) in [6, 6.07) is 11.8. The van der Waals surface area contributed by atoms with Gasteiger partial charge in [-0.1, -0.05) is 12.1 Å². The highest BCUT2D eigenvalue weighted by molar-refractivity contribution is 7.10. The Hall–Kier alpha value is -3.17. The van der Waals surface area contributed by atoms with Crippen LogP contribution < -0.4 is 4.74 Å². The van der Waals surface area contributed by atoms with Gasteiger partial charge in [0.05, 0.1) is 12.2 Å². The zero-order valence-corrected chi connectivity index (χ0v) is 15.9. The summed E-state index contributed by atoms with van der Waals surface area (Å²) in [6.07, 6.45) is 5.58. The van der Waals surface area contributed by atoms with Crippen molar-refractivity contribution in [2.24, 2.45) is 0 Å². The summed E-state index contributed by atoms with van der Waals surface area (Å²) in [5.41, 5.74) is 4.31. The fourth-order valence-corrected chi connectivity index (χ4v) is 4.36. The molecule has 1 aliphatic heterocycles. The van der Waals surface area contributed by atoms with E-state index in [2.05, 4.69) is 23.2 Å². The normalized spacial score (nSPS) is 15.3. The molecule has 140 valence electrons. The van der Waals surface area contributed by atoms with E-state index in [1.165, 1.54) is 17.5 Å². The van der Waals surface area contributed by atoms with E-state index in [-0.39, 0.29) is 0 Å². The van der Waals surface area contributed by atoms with Crippen molar-refractivity contribution in [3.63, 3.8) is 0 Å². The highest BCUT2D eigenvalue weighted by Crippen LogP contribution is 2.39. The average Bonchev–Trinajstić information content (AvgIpc) is 3.21. The molecule has 4 rings (SSSR count). The molecule has 0 radical (unpaired) electrons. The number of carbonyl (C=O) groups is 1. The predicted molar refractivity (Wildman–Crippen MR) is 107 cm³/mol. The molecule has 1 aliphatic rings. The molecule has 0 spiro atoms. The number of ether oxygens (including phenoxy) is 1. The third-order valence-corrected chi connectivity index (χ3v) is 5.95. The molecule has 3 aromatic rings. The quantitative estimate of drug-likeness (QED) is 0.671. The standard InChI is InChI=1S/C22H18N2O3S/c23-11-18-9-17(13-28-18)15-3-4-19-14(6-8-27-21(19)10-15)1-2-16-12-24-7-5-20(16)22(25)26/h3-5,7,9-10,12-14H,1-2,6,8H2,(H,25,26)/t14-/m0/s1. The number of aromatic carboxylic acids is 1. The maximum atomic E-state index is 11.4. The number of aryl methyl sites for hydroxylation is 1. The molecular weight excluding hydrogens is 372 g/mol. The highest BCUT2D eigenvalue weighted by Gasteiger charge is 2.23. The fraction of sp³-hybridized carbons (Fsp3) is 0.227. The minimum absolute atomic E-state index is 0.316. The van der Waals surface area contributed by atoms with E-state index in [4.69, 9.17) is 10.00 Å². The van der Waals surface area contributed by atoms with Crippen LogP contribution in [0.5, 0.6) is 5.75 Å². The van der Waals surface area contributed by atoms with Gasteiger partial charge >= 0.3 is 5.97 Å². The number of aromatic nitrogens is 1. The van der Waals surface area contributed by atoms with Crippen LogP contribution in [0.4, 0.5) is 0 Å². The topological polar surface area (TPSA) is 83.2 Å². The molecule has 1 N–H and O–H groups in total. The van der Waals surface area contributed by atoms with E-state index in [1.54, 1.807) is 12.3 Å². The Labute approximate surface area is 166 Å². The Kier molecular flexibility index (Phi) is 5.09. The van der Waals surface area contributed by atoms with E-state index < -0.39 is 5.97 Å². The largest absolute Gasteiger partial charge is 0.493 e. The van der Waals surface area contributed by atoms with Gasteiger partial charge in [-0.2, -0.15) is 5.26 Å². The summed E-state index contributed by atoms with van der Waals surface area (Å²) in [5, 5.41) is 20.4. The molecule has 1 aromatic carbocycles. The lowest BCUT2D eigenvalue weighted by molar-refractivity contribution is 0.0695. The second-order valence-electron chi connectivity index (χ2n) is 6.77. The van der Waals surface area contributed by atoms with Gasteiger partial charge in [-0.3, -0.25) is 4.98 Å². The van der Waals surface area contributed by atoms with E-state index in [0.717, 1.165) is 40.8 Å². The van der Waals surface area contributed by atoms with Gasteiger partial charge in [0.25, 0.3) is 0 Å².